The van der Waals surface area contributed by atoms with Gasteiger partial charge in [0.2, 0.25) is 0 Å². The van der Waals surface area contributed by atoms with Crippen LogP contribution in [-0.2, 0) is 4.74 Å². The number of carbonyl (C=O) groups is 1. The summed E-state index contributed by atoms with van der Waals surface area (Å²) in [4.78, 5) is 12.0. The Morgan fingerprint density at radius 3 is 3.09 bits per heavy atom. The highest BCUT2D eigenvalue weighted by molar-refractivity contribution is 5.86. The third-order valence-corrected chi connectivity index (χ3v) is 1.12. The van der Waals surface area contributed by atoms with Crippen LogP contribution >= 0.6 is 0 Å². The Bertz CT molecular complexity index is 257. The van der Waals surface area contributed by atoms with Crippen molar-refractivity contribution in [2.24, 2.45) is 5.84 Å². The fourth-order valence-electron chi connectivity index (χ4n) is 0.609. The maximum Gasteiger partial charge on any atom is 0.358 e. The molecule has 0 atom stereocenters. The zero-order chi connectivity index (χ0) is 8.27. The fourth-order valence-corrected chi connectivity index (χ4v) is 0.609. The monoisotopic (exact) mass is 156 g/mol. The molecule has 3 N–H and O–H groups in total. The summed E-state index contributed by atoms with van der Waals surface area (Å²) in [6.07, 6.45) is 1.51. The van der Waals surface area contributed by atoms with Gasteiger partial charge < -0.3 is 4.74 Å². The van der Waals surface area contributed by atoms with E-state index in [4.69, 9.17) is 5.84 Å². The molecule has 1 rings (SSSR count). The summed E-state index contributed by atoms with van der Waals surface area (Å²) in [5, 5.41) is 3.71. The van der Waals surface area contributed by atoms with E-state index in [2.05, 4.69) is 15.4 Å². The fraction of sp³-hybridized carbons (Fsp3) is 0.200. The quantitative estimate of drug-likeness (QED) is 0.329. The highest BCUT2D eigenvalue weighted by Gasteiger charge is 2.07. The number of nitrogens with zero attached hydrogens (tertiary/aromatic N) is 2. The van der Waals surface area contributed by atoms with E-state index < -0.39 is 5.97 Å². The normalized spacial score (nSPS) is 9.27. The van der Waals surface area contributed by atoms with E-state index in [-0.39, 0.29) is 5.69 Å². The molecule has 0 bridgehead atoms. The summed E-state index contributed by atoms with van der Waals surface area (Å²) in [6.45, 7) is 0. The van der Waals surface area contributed by atoms with Crippen LogP contribution in [0.4, 0.5) is 0 Å². The molecule has 0 spiro atoms. The molecule has 0 saturated carbocycles. The Morgan fingerprint density at radius 1 is 1.91 bits per heavy atom. The Morgan fingerprint density at radius 2 is 2.64 bits per heavy atom. The lowest BCUT2D eigenvalue weighted by Gasteiger charge is -1.95. The second kappa shape index (κ2) is 3.02. The lowest BCUT2D eigenvalue weighted by atomic mass is 10.4. The summed E-state index contributed by atoms with van der Waals surface area (Å²) in [7, 11) is 1.29. The predicted octanol–water partition coefficient (Wildman–Crippen LogP) is -0.913. The number of hydrogen-bond acceptors (Lipinski definition) is 5. The molecule has 0 fully saturated rings. The van der Waals surface area contributed by atoms with Gasteiger partial charge in [0.25, 0.3) is 0 Å². The number of rotatable bonds is 2. The highest BCUT2D eigenvalue weighted by atomic mass is 16.5. The van der Waals surface area contributed by atoms with Crippen molar-refractivity contribution in [3.05, 3.63) is 18.0 Å². The molecule has 0 saturated heterocycles. The van der Waals surface area contributed by atoms with Gasteiger partial charge in [0, 0.05) is 0 Å². The zero-order valence-electron chi connectivity index (χ0n) is 5.94. The van der Waals surface area contributed by atoms with Gasteiger partial charge in [-0.2, -0.15) is 4.79 Å². The van der Waals surface area contributed by atoms with Gasteiger partial charge in [0.1, 0.15) is 0 Å². The minimum atomic E-state index is -0.487. The molecule has 11 heavy (non-hydrogen) atoms. The van der Waals surface area contributed by atoms with Gasteiger partial charge in [-0.25, -0.2) is 16.2 Å². The Balaban J connectivity index is 2.80. The molecule has 6 heteroatoms. The molecule has 1 heterocycles. The summed E-state index contributed by atoms with van der Waals surface area (Å²) in [5.41, 5.74) is 2.44. The molecule has 0 aliphatic rings. The number of carbonyl (C=O) groups excluding carboxylic acids is 1. The van der Waals surface area contributed by atoms with E-state index >= 15 is 0 Å². The van der Waals surface area contributed by atoms with Gasteiger partial charge in [0.05, 0.1) is 13.3 Å². The van der Waals surface area contributed by atoms with E-state index in [0.717, 1.165) is 0 Å². The summed E-state index contributed by atoms with van der Waals surface area (Å²) in [6, 6.07) is 1.49. The third kappa shape index (κ3) is 1.47. The Hall–Kier alpha value is -1.56. The minimum Gasteiger partial charge on any atom is -0.464 e. The third-order valence-electron chi connectivity index (χ3n) is 1.12. The van der Waals surface area contributed by atoms with Crippen LogP contribution in [0.25, 0.3) is 0 Å². The molecule has 60 valence electrons. The number of esters is 1. The maximum absolute atomic E-state index is 10.8. The van der Waals surface area contributed by atoms with Gasteiger partial charge in [-0.15, -0.1) is 5.10 Å². The van der Waals surface area contributed by atoms with Crippen molar-refractivity contribution in [1.29, 1.82) is 0 Å². The minimum absolute atomic E-state index is 0.213. The number of nitrogens with two attached hydrogens (primary N) is 1. The Kier molecular flexibility index (Phi) is 2.07. The summed E-state index contributed by atoms with van der Waals surface area (Å²) < 4.78 is 4.41. The topological polar surface area (TPSA) is 82.2 Å². The second-order valence-electron chi connectivity index (χ2n) is 1.77. The molecule has 0 aliphatic carbocycles. The number of ether oxygens (including phenoxy) is 1. The number of hydrogen-bond donors (Lipinski definition) is 2. The van der Waals surface area contributed by atoms with E-state index in [1.54, 1.807) is 0 Å². The van der Waals surface area contributed by atoms with Crippen LogP contribution in [0.3, 0.4) is 0 Å². The second-order valence-corrected chi connectivity index (χ2v) is 1.77. The van der Waals surface area contributed by atoms with Crippen LogP contribution in [0.15, 0.2) is 12.3 Å². The van der Waals surface area contributed by atoms with Crippen molar-refractivity contribution in [3.8, 4) is 0 Å². The first kappa shape index (κ1) is 7.55. The number of hydrazine groups is 1. The van der Waals surface area contributed by atoms with Crippen molar-refractivity contribution in [1.82, 2.24) is 9.89 Å². The molecular weight excluding hydrogens is 148 g/mol. The van der Waals surface area contributed by atoms with Crippen LogP contribution in [0, 0.1) is 0 Å². The molecular formula is C5H8N4O2. The average Bonchev–Trinajstić information content (AvgIpc) is 2.50. The van der Waals surface area contributed by atoms with Crippen molar-refractivity contribution in [2.45, 2.75) is 0 Å². The van der Waals surface area contributed by atoms with E-state index in [1.807, 2.05) is 0 Å². The average molecular weight is 156 g/mol. The van der Waals surface area contributed by atoms with E-state index in [9.17, 15) is 4.79 Å². The van der Waals surface area contributed by atoms with Gasteiger partial charge in [-0.05, 0) is 6.07 Å². The van der Waals surface area contributed by atoms with Crippen LogP contribution in [-0.4, -0.2) is 23.0 Å². The van der Waals surface area contributed by atoms with Crippen molar-refractivity contribution < 1.29 is 9.53 Å². The zero-order valence-corrected chi connectivity index (χ0v) is 5.94. The molecule has 0 radical (unpaired) electrons. The molecule has 0 aliphatic heterocycles. The van der Waals surface area contributed by atoms with Crippen LogP contribution in [0.2, 0.25) is 0 Å². The van der Waals surface area contributed by atoms with Crippen molar-refractivity contribution in [3.63, 3.8) is 0 Å². The number of nitrogen functional groups attached to an aromatic ring is 1. The van der Waals surface area contributed by atoms with Crippen LogP contribution < -0.4 is 11.4 Å². The predicted molar refractivity (Wildman–Crippen MR) is 37.1 cm³/mol. The van der Waals surface area contributed by atoms with Crippen LogP contribution in [0.5, 0.6) is 0 Å². The Labute approximate surface area is 62.9 Å². The van der Waals surface area contributed by atoms with Gasteiger partial charge in [-0.1, -0.05) is 0 Å². The smallest absolute Gasteiger partial charge is 0.358 e. The van der Waals surface area contributed by atoms with Gasteiger partial charge in [0.15, 0.2) is 5.69 Å². The first-order valence-corrected chi connectivity index (χ1v) is 2.88. The van der Waals surface area contributed by atoms with Crippen LogP contribution in [0.1, 0.15) is 10.5 Å². The van der Waals surface area contributed by atoms with E-state index in [0.29, 0.717) is 0 Å². The maximum atomic E-state index is 10.8. The standard InChI is InChI=1S/C5H8N4O2/c1-11-5(10)4-2-3-9(7-4)8-6/h2-3,8H,6H2,1H3. The molecule has 0 unspecified atom stereocenters. The first-order chi connectivity index (χ1) is 5.27. The largest absolute Gasteiger partial charge is 0.464 e. The van der Waals surface area contributed by atoms with Gasteiger partial charge in [-0.3, -0.25) is 0 Å². The lowest BCUT2D eigenvalue weighted by molar-refractivity contribution is 0.0593. The molecule has 1 aromatic rings. The SMILES string of the molecule is COC(=O)c1ccn(NN)n1. The summed E-state index contributed by atoms with van der Waals surface area (Å²) >= 11 is 0. The lowest BCUT2D eigenvalue weighted by Crippen LogP contribution is -2.22. The molecule has 1 aromatic heterocycles. The highest BCUT2D eigenvalue weighted by Crippen LogP contribution is 1.94. The first-order valence-electron chi connectivity index (χ1n) is 2.88. The molecule has 6 nitrogen and oxygen atoms in total. The number of nitrogens with one attached hydrogen (secondary N) is 1. The van der Waals surface area contributed by atoms with Gasteiger partial charge >= 0.3 is 5.97 Å². The van der Waals surface area contributed by atoms with Crippen molar-refractivity contribution >= 4 is 5.97 Å². The van der Waals surface area contributed by atoms with Crippen molar-refractivity contribution in [2.75, 3.05) is 12.6 Å². The van der Waals surface area contributed by atoms with E-state index in [1.165, 1.54) is 24.2 Å². The number of aromatic nitrogens is 2. The molecule has 0 amide bonds. The number of methoxy groups -OCH3 is 1. The molecule has 0 aromatic carbocycles. The summed E-state index contributed by atoms with van der Waals surface area (Å²) in [5.74, 6) is 4.52.